The van der Waals surface area contributed by atoms with Gasteiger partial charge in [0.2, 0.25) is 0 Å². The van der Waals surface area contributed by atoms with E-state index in [0.717, 1.165) is 43.2 Å². The third-order valence-electron chi connectivity index (χ3n) is 5.72. The van der Waals surface area contributed by atoms with Gasteiger partial charge >= 0.3 is 6.03 Å². The van der Waals surface area contributed by atoms with E-state index >= 15 is 0 Å². The first-order valence-corrected chi connectivity index (χ1v) is 11.9. The van der Waals surface area contributed by atoms with Crippen molar-refractivity contribution >= 4 is 33.9 Å². The lowest BCUT2D eigenvalue weighted by molar-refractivity contribution is -0.124. The highest BCUT2D eigenvalue weighted by Gasteiger charge is 2.39. The summed E-state index contributed by atoms with van der Waals surface area (Å²) in [5, 5.41) is 2.74. The number of rotatable bonds is 7. The number of nitrogens with zero attached hydrogens (tertiary/aromatic N) is 1. The van der Waals surface area contributed by atoms with Crippen molar-refractivity contribution in [1.29, 1.82) is 0 Å². The minimum atomic E-state index is -0.333. The number of benzene rings is 2. The largest absolute Gasteiger partial charge is 0.490 e. The van der Waals surface area contributed by atoms with Crippen LogP contribution in [0.15, 0.2) is 52.6 Å². The first kappa shape index (κ1) is 22.4. The van der Waals surface area contributed by atoms with Crippen LogP contribution in [0.5, 0.6) is 11.5 Å². The van der Waals surface area contributed by atoms with Crippen LogP contribution in [0.1, 0.15) is 50.2 Å². The quantitative estimate of drug-likeness (QED) is 0.395. The molecule has 1 aliphatic carbocycles. The third kappa shape index (κ3) is 4.99. The fourth-order valence-corrected chi connectivity index (χ4v) is 4.76. The molecule has 1 heterocycles. The average molecular weight is 499 g/mol. The van der Waals surface area contributed by atoms with Gasteiger partial charge in [-0.3, -0.25) is 9.69 Å². The smallest absolute Gasteiger partial charge is 0.329 e. The summed E-state index contributed by atoms with van der Waals surface area (Å²) in [6, 6.07) is 13.2. The Kier molecular flexibility index (Phi) is 7.15. The van der Waals surface area contributed by atoms with Gasteiger partial charge in [-0.1, -0.05) is 49.6 Å². The molecular weight excluding hydrogens is 472 g/mol. The van der Waals surface area contributed by atoms with Crippen LogP contribution >= 0.6 is 15.9 Å². The van der Waals surface area contributed by atoms with Gasteiger partial charge in [-0.05, 0) is 65.0 Å². The highest BCUT2D eigenvalue weighted by Crippen LogP contribution is 2.38. The van der Waals surface area contributed by atoms with Crippen LogP contribution in [0.3, 0.4) is 0 Å². The van der Waals surface area contributed by atoms with Crippen molar-refractivity contribution in [3.63, 3.8) is 0 Å². The first-order chi connectivity index (χ1) is 15.6. The lowest BCUT2D eigenvalue weighted by Gasteiger charge is -2.28. The number of ether oxygens (including phenoxy) is 2. The normalized spacial score (nSPS) is 18.2. The number of imide groups is 1. The molecule has 1 aliphatic heterocycles. The Morgan fingerprint density at radius 3 is 2.56 bits per heavy atom. The lowest BCUT2D eigenvalue weighted by Crippen LogP contribution is -2.41. The van der Waals surface area contributed by atoms with Crippen LogP contribution in [-0.2, 0) is 11.4 Å². The Morgan fingerprint density at radius 1 is 1.09 bits per heavy atom. The van der Waals surface area contributed by atoms with Crippen LogP contribution in [0.25, 0.3) is 6.08 Å². The number of nitrogens with one attached hydrogen (secondary N) is 1. The van der Waals surface area contributed by atoms with Crippen molar-refractivity contribution in [2.24, 2.45) is 0 Å². The van der Waals surface area contributed by atoms with E-state index in [9.17, 15) is 9.59 Å². The lowest BCUT2D eigenvalue weighted by atomic mass is 9.94. The Hall–Kier alpha value is -2.80. The Morgan fingerprint density at radius 2 is 1.84 bits per heavy atom. The predicted molar refractivity (Wildman–Crippen MR) is 126 cm³/mol. The summed E-state index contributed by atoms with van der Waals surface area (Å²) in [6.45, 7) is 2.78. The van der Waals surface area contributed by atoms with E-state index in [1.165, 1.54) is 4.90 Å². The minimum absolute atomic E-state index is 0.0124. The van der Waals surface area contributed by atoms with Gasteiger partial charge in [0.1, 0.15) is 12.3 Å². The molecule has 2 aliphatic rings. The van der Waals surface area contributed by atoms with Crippen LogP contribution in [0.2, 0.25) is 0 Å². The Balaban J connectivity index is 1.56. The molecule has 3 amide bonds. The molecule has 1 N–H and O–H groups in total. The van der Waals surface area contributed by atoms with Gasteiger partial charge in [0.05, 0.1) is 11.1 Å². The molecule has 2 fully saturated rings. The van der Waals surface area contributed by atoms with E-state index in [0.29, 0.717) is 29.2 Å². The number of carbonyl (C=O) groups excluding carboxylic acids is 2. The van der Waals surface area contributed by atoms with E-state index in [4.69, 9.17) is 9.47 Å². The maximum Gasteiger partial charge on any atom is 0.329 e. The summed E-state index contributed by atoms with van der Waals surface area (Å²) >= 11 is 3.58. The summed E-state index contributed by atoms with van der Waals surface area (Å²) in [7, 11) is 0. The zero-order valence-electron chi connectivity index (χ0n) is 18.1. The van der Waals surface area contributed by atoms with E-state index in [1.54, 1.807) is 6.08 Å². The standard InChI is InChI=1S/C25H27BrN2O4/c1-2-31-22-15-18(13-20(26)23(22)32-16-17-9-5-3-6-10-17)14-21-24(29)28(25(30)27-21)19-11-7-4-8-12-19/h3,5-6,9-10,13-15,19H,2,4,7-8,11-12,16H2,1H3,(H,27,30)/b21-14-. The summed E-state index contributed by atoms with van der Waals surface area (Å²) < 4.78 is 12.6. The summed E-state index contributed by atoms with van der Waals surface area (Å²) in [5.41, 5.74) is 2.07. The third-order valence-corrected chi connectivity index (χ3v) is 6.31. The van der Waals surface area contributed by atoms with Crippen LogP contribution in [0, 0.1) is 0 Å². The molecule has 32 heavy (non-hydrogen) atoms. The Bertz CT molecular complexity index is 1020. The first-order valence-electron chi connectivity index (χ1n) is 11.1. The van der Waals surface area contributed by atoms with Crippen molar-refractivity contribution in [1.82, 2.24) is 10.2 Å². The van der Waals surface area contributed by atoms with Gasteiger partial charge in [-0.25, -0.2) is 4.79 Å². The zero-order valence-corrected chi connectivity index (χ0v) is 19.7. The molecule has 2 aromatic carbocycles. The topological polar surface area (TPSA) is 67.9 Å². The summed E-state index contributed by atoms with van der Waals surface area (Å²) in [5.74, 6) is 0.912. The molecule has 6 nitrogen and oxygen atoms in total. The van der Waals surface area contributed by atoms with Gasteiger partial charge in [0.15, 0.2) is 11.5 Å². The number of halogens is 1. The van der Waals surface area contributed by atoms with E-state index in [-0.39, 0.29) is 23.7 Å². The van der Waals surface area contributed by atoms with Crippen LogP contribution in [-0.4, -0.2) is 29.5 Å². The van der Waals surface area contributed by atoms with Crippen molar-refractivity contribution in [3.8, 4) is 11.5 Å². The second-order valence-corrected chi connectivity index (χ2v) is 8.85. The molecule has 1 saturated heterocycles. The monoisotopic (exact) mass is 498 g/mol. The van der Waals surface area contributed by atoms with Crippen LogP contribution < -0.4 is 14.8 Å². The predicted octanol–water partition coefficient (Wildman–Crippen LogP) is 5.65. The molecule has 1 saturated carbocycles. The van der Waals surface area contributed by atoms with E-state index in [1.807, 2.05) is 49.4 Å². The molecule has 0 spiro atoms. The van der Waals surface area contributed by atoms with Crippen molar-refractivity contribution in [3.05, 3.63) is 63.8 Å². The highest BCUT2D eigenvalue weighted by molar-refractivity contribution is 9.10. The highest BCUT2D eigenvalue weighted by atomic mass is 79.9. The number of hydrogen-bond donors (Lipinski definition) is 1. The molecule has 0 radical (unpaired) electrons. The molecule has 0 bridgehead atoms. The summed E-state index contributed by atoms with van der Waals surface area (Å²) in [4.78, 5) is 26.8. The molecule has 0 aromatic heterocycles. The SMILES string of the molecule is CCOc1cc(/C=C2\NC(=O)N(C3CCCCC3)C2=O)cc(Br)c1OCc1ccccc1. The molecule has 7 heteroatoms. The maximum atomic E-state index is 12.9. The average Bonchev–Trinajstić information content (AvgIpc) is 3.07. The molecular formula is C25H27BrN2O4. The van der Waals surface area contributed by atoms with E-state index in [2.05, 4.69) is 21.2 Å². The van der Waals surface area contributed by atoms with Gasteiger partial charge < -0.3 is 14.8 Å². The van der Waals surface area contributed by atoms with Gasteiger partial charge in [-0.2, -0.15) is 0 Å². The van der Waals surface area contributed by atoms with Gasteiger partial charge in [0.25, 0.3) is 5.91 Å². The maximum absolute atomic E-state index is 12.9. The van der Waals surface area contributed by atoms with Crippen molar-refractivity contribution < 1.29 is 19.1 Å². The second-order valence-electron chi connectivity index (χ2n) is 7.99. The fourth-order valence-electron chi connectivity index (χ4n) is 4.19. The zero-order chi connectivity index (χ0) is 22.5. The molecule has 0 unspecified atom stereocenters. The summed E-state index contributed by atoms with van der Waals surface area (Å²) in [6.07, 6.45) is 6.71. The number of amides is 3. The van der Waals surface area contributed by atoms with Crippen LogP contribution in [0.4, 0.5) is 4.79 Å². The van der Waals surface area contributed by atoms with Crippen molar-refractivity contribution in [2.75, 3.05) is 6.61 Å². The molecule has 4 rings (SSSR count). The van der Waals surface area contributed by atoms with E-state index < -0.39 is 0 Å². The number of carbonyl (C=O) groups is 2. The van der Waals surface area contributed by atoms with Gasteiger partial charge in [-0.15, -0.1) is 0 Å². The number of urea groups is 1. The number of hydrogen-bond acceptors (Lipinski definition) is 4. The molecule has 2 aromatic rings. The second kappa shape index (κ2) is 10.2. The molecule has 0 atom stereocenters. The van der Waals surface area contributed by atoms with Crippen molar-refractivity contribution in [2.45, 2.75) is 51.7 Å². The fraction of sp³-hybridized carbons (Fsp3) is 0.360. The van der Waals surface area contributed by atoms with Gasteiger partial charge in [0, 0.05) is 6.04 Å². The minimum Gasteiger partial charge on any atom is -0.490 e. The Labute approximate surface area is 196 Å². The molecule has 168 valence electrons.